The zero-order valence-corrected chi connectivity index (χ0v) is 11.5. The Hall–Kier alpha value is -2.02. The second-order valence-corrected chi connectivity index (χ2v) is 5.71. The van der Waals surface area contributed by atoms with E-state index in [0.29, 0.717) is 0 Å². The third kappa shape index (κ3) is 2.62. The fourth-order valence-corrected chi connectivity index (χ4v) is 3.27. The fourth-order valence-electron chi connectivity index (χ4n) is 3.27. The van der Waals surface area contributed by atoms with Gasteiger partial charge in [-0.15, -0.1) is 0 Å². The number of rotatable bonds is 2. The van der Waals surface area contributed by atoms with Gasteiger partial charge in [0, 0.05) is 11.7 Å². The van der Waals surface area contributed by atoms with E-state index < -0.39 is 0 Å². The van der Waals surface area contributed by atoms with Gasteiger partial charge in [0.2, 0.25) is 0 Å². The van der Waals surface area contributed by atoms with Crippen molar-refractivity contribution in [3.8, 4) is 6.07 Å². The average Bonchev–Trinajstić information content (AvgIpc) is 3.06. The Morgan fingerprint density at radius 2 is 2.05 bits per heavy atom. The van der Waals surface area contributed by atoms with Crippen molar-refractivity contribution in [2.75, 3.05) is 5.32 Å². The minimum absolute atomic E-state index is 0.00516. The predicted octanol–water partition coefficient (Wildman–Crippen LogP) is 2.99. The van der Waals surface area contributed by atoms with Crippen LogP contribution in [-0.4, -0.2) is 12.1 Å². The summed E-state index contributed by atoms with van der Waals surface area (Å²) < 4.78 is 0. The van der Waals surface area contributed by atoms with Gasteiger partial charge in [0.1, 0.15) is 0 Å². The van der Waals surface area contributed by atoms with Crippen molar-refractivity contribution in [2.45, 2.75) is 44.6 Å². The van der Waals surface area contributed by atoms with Crippen LogP contribution in [0.4, 0.5) is 10.5 Å². The maximum Gasteiger partial charge on any atom is 0.319 e. The summed E-state index contributed by atoms with van der Waals surface area (Å²) in [6, 6.07) is 8.20. The number of nitriles is 1. The summed E-state index contributed by atoms with van der Waals surface area (Å²) in [5, 5.41) is 14.8. The van der Waals surface area contributed by atoms with Crippen LogP contribution in [0.5, 0.6) is 0 Å². The molecule has 0 aromatic heterocycles. The van der Waals surface area contributed by atoms with Crippen LogP contribution in [0.2, 0.25) is 0 Å². The second kappa shape index (κ2) is 5.54. The smallest absolute Gasteiger partial charge is 0.319 e. The Balaban J connectivity index is 1.60. The van der Waals surface area contributed by atoms with E-state index in [1.807, 2.05) is 6.07 Å². The van der Waals surface area contributed by atoms with Gasteiger partial charge in [-0.25, -0.2) is 4.79 Å². The number of nitrogens with zero attached hydrogens (tertiary/aromatic N) is 1. The molecule has 2 amide bonds. The molecule has 2 unspecified atom stereocenters. The summed E-state index contributed by atoms with van der Waals surface area (Å²) in [5.41, 5.74) is 3.59. The zero-order valence-electron chi connectivity index (χ0n) is 11.5. The molecule has 2 aliphatic rings. The Labute approximate surface area is 119 Å². The van der Waals surface area contributed by atoms with Crippen LogP contribution in [-0.2, 0) is 12.8 Å². The second-order valence-electron chi connectivity index (χ2n) is 5.71. The van der Waals surface area contributed by atoms with Crippen LogP contribution in [0.25, 0.3) is 0 Å². The molecule has 0 bridgehead atoms. The minimum Gasteiger partial charge on any atom is -0.334 e. The number of amides is 2. The number of nitrogens with one attached hydrogen (secondary N) is 2. The van der Waals surface area contributed by atoms with E-state index in [9.17, 15) is 4.79 Å². The monoisotopic (exact) mass is 269 g/mol. The van der Waals surface area contributed by atoms with Crippen molar-refractivity contribution < 1.29 is 4.79 Å². The van der Waals surface area contributed by atoms with Gasteiger partial charge in [0.15, 0.2) is 0 Å². The molecule has 1 fully saturated rings. The minimum atomic E-state index is -0.199. The van der Waals surface area contributed by atoms with Crippen molar-refractivity contribution in [1.82, 2.24) is 5.32 Å². The molecule has 2 N–H and O–H groups in total. The van der Waals surface area contributed by atoms with Crippen molar-refractivity contribution in [2.24, 2.45) is 5.92 Å². The number of fused-ring (bicyclic) bond motifs is 1. The number of carbonyl (C=O) groups excluding carboxylic acids is 1. The lowest BCUT2D eigenvalue weighted by Gasteiger charge is -2.16. The van der Waals surface area contributed by atoms with Crippen molar-refractivity contribution in [3.63, 3.8) is 0 Å². The zero-order chi connectivity index (χ0) is 13.9. The van der Waals surface area contributed by atoms with Gasteiger partial charge < -0.3 is 10.6 Å². The van der Waals surface area contributed by atoms with E-state index >= 15 is 0 Å². The SMILES string of the molecule is N#CC1CCCC1NC(=O)Nc1ccc2c(c1)CCC2. The Morgan fingerprint density at radius 1 is 1.20 bits per heavy atom. The number of hydrogen-bond donors (Lipinski definition) is 2. The van der Waals surface area contributed by atoms with Gasteiger partial charge in [-0.05, 0) is 61.8 Å². The van der Waals surface area contributed by atoms with Gasteiger partial charge in [-0.1, -0.05) is 6.07 Å². The third-order valence-corrected chi connectivity index (χ3v) is 4.35. The molecule has 20 heavy (non-hydrogen) atoms. The normalized spacial score (nSPS) is 23.9. The highest BCUT2D eigenvalue weighted by molar-refractivity contribution is 5.89. The van der Waals surface area contributed by atoms with Crippen molar-refractivity contribution in [3.05, 3.63) is 29.3 Å². The lowest BCUT2D eigenvalue weighted by molar-refractivity contribution is 0.247. The molecular weight excluding hydrogens is 250 g/mol. The van der Waals surface area contributed by atoms with Gasteiger partial charge in [0.25, 0.3) is 0 Å². The Morgan fingerprint density at radius 3 is 2.90 bits per heavy atom. The molecule has 4 heteroatoms. The topological polar surface area (TPSA) is 64.9 Å². The summed E-state index contributed by atoms with van der Waals surface area (Å²) in [5.74, 6) is -0.0410. The molecule has 0 spiro atoms. The molecular formula is C16H19N3O. The van der Waals surface area contributed by atoms with E-state index in [4.69, 9.17) is 5.26 Å². The number of carbonyl (C=O) groups is 1. The largest absolute Gasteiger partial charge is 0.334 e. The lowest BCUT2D eigenvalue weighted by Crippen LogP contribution is -2.39. The van der Waals surface area contributed by atoms with Gasteiger partial charge in [0.05, 0.1) is 12.0 Å². The summed E-state index contributed by atoms with van der Waals surface area (Å²) >= 11 is 0. The summed E-state index contributed by atoms with van der Waals surface area (Å²) in [4.78, 5) is 12.0. The fraction of sp³-hybridized carbons (Fsp3) is 0.500. The number of anilines is 1. The molecule has 1 aromatic rings. The van der Waals surface area contributed by atoms with Gasteiger partial charge in [-0.3, -0.25) is 0 Å². The van der Waals surface area contributed by atoms with Crippen LogP contribution in [0.1, 0.15) is 36.8 Å². The highest BCUT2D eigenvalue weighted by Gasteiger charge is 2.28. The quantitative estimate of drug-likeness (QED) is 0.866. The first-order valence-corrected chi connectivity index (χ1v) is 7.35. The molecule has 2 atom stereocenters. The molecule has 1 aromatic carbocycles. The Kier molecular flexibility index (Phi) is 3.60. The highest BCUT2D eigenvalue weighted by atomic mass is 16.2. The van der Waals surface area contributed by atoms with Crippen LogP contribution < -0.4 is 10.6 Å². The van der Waals surface area contributed by atoms with Crippen LogP contribution in [0.3, 0.4) is 0 Å². The molecule has 0 saturated heterocycles. The van der Waals surface area contributed by atoms with Crippen LogP contribution in [0, 0.1) is 17.2 Å². The summed E-state index contributed by atoms with van der Waals surface area (Å²) in [6.07, 6.45) is 6.26. The van der Waals surface area contributed by atoms with E-state index in [2.05, 4.69) is 28.8 Å². The first-order chi connectivity index (χ1) is 9.76. The molecule has 3 rings (SSSR count). The van der Waals surface area contributed by atoms with Crippen LogP contribution >= 0.6 is 0 Å². The molecule has 0 heterocycles. The van der Waals surface area contributed by atoms with Crippen molar-refractivity contribution >= 4 is 11.7 Å². The molecule has 2 aliphatic carbocycles. The van der Waals surface area contributed by atoms with E-state index in [1.54, 1.807) is 0 Å². The van der Waals surface area contributed by atoms with E-state index in [0.717, 1.165) is 37.8 Å². The molecule has 0 radical (unpaired) electrons. The number of hydrogen-bond acceptors (Lipinski definition) is 2. The lowest BCUT2D eigenvalue weighted by atomic mass is 10.1. The maximum absolute atomic E-state index is 12.0. The highest BCUT2D eigenvalue weighted by Crippen LogP contribution is 2.26. The number of aryl methyl sites for hydroxylation is 2. The first kappa shape index (κ1) is 13.0. The summed E-state index contributed by atoms with van der Waals surface area (Å²) in [7, 11) is 0. The molecule has 1 saturated carbocycles. The summed E-state index contributed by atoms with van der Waals surface area (Å²) in [6.45, 7) is 0. The van der Waals surface area contributed by atoms with Crippen molar-refractivity contribution in [1.29, 1.82) is 5.26 Å². The number of urea groups is 1. The van der Waals surface area contributed by atoms with E-state index in [-0.39, 0.29) is 18.0 Å². The first-order valence-electron chi connectivity index (χ1n) is 7.35. The molecule has 0 aliphatic heterocycles. The van der Waals surface area contributed by atoms with Crippen LogP contribution in [0.15, 0.2) is 18.2 Å². The molecule has 104 valence electrons. The average molecular weight is 269 g/mol. The standard InChI is InChI=1S/C16H19N3O/c17-10-13-5-2-6-15(13)19-16(20)18-14-8-7-11-3-1-4-12(11)9-14/h7-9,13,15H,1-6H2,(H2,18,19,20). The van der Waals surface area contributed by atoms with E-state index in [1.165, 1.54) is 17.5 Å². The van der Waals surface area contributed by atoms with Gasteiger partial charge >= 0.3 is 6.03 Å². The third-order valence-electron chi connectivity index (χ3n) is 4.35. The Bertz CT molecular complexity index is 561. The maximum atomic E-state index is 12.0. The predicted molar refractivity (Wildman–Crippen MR) is 77.4 cm³/mol. The molecule has 4 nitrogen and oxygen atoms in total. The number of benzene rings is 1. The van der Waals surface area contributed by atoms with Gasteiger partial charge in [-0.2, -0.15) is 5.26 Å².